The van der Waals surface area contributed by atoms with E-state index in [9.17, 15) is 18.3 Å². The number of hydrogen-bond acceptors (Lipinski definition) is 4. The maximum Gasteiger partial charge on any atom is 0.420 e. The summed E-state index contributed by atoms with van der Waals surface area (Å²) in [6, 6.07) is 1.21. The Morgan fingerprint density at radius 3 is 2.65 bits per heavy atom. The van der Waals surface area contributed by atoms with Gasteiger partial charge in [-0.2, -0.15) is 33.7 Å². The van der Waals surface area contributed by atoms with Crippen LogP contribution in [-0.4, -0.2) is 30.1 Å². The first-order valence-corrected chi connectivity index (χ1v) is 5.53. The molecule has 0 aliphatic heterocycles. The van der Waals surface area contributed by atoms with Gasteiger partial charge in [0.1, 0.15) is 22.5 Å². The van der Waals surface area contributed by atoms with Crippen molar-refractivity contribution in [1.82, 2.24) is 25.0 Å². The molecule has 0 radical (unpaired) electrons. The molecule has 20 heavy (non-hydrogen) atoms. The minimum Gasteiger partial charge on any atom is -0.506 e. The molecule has 3 heterocycles. The molecule has 0 atom stereocenters. The largest absolute Gasteiger partial charge is 0.506 e. The van der Waals surface area contributed by atoms with Gasteiger partial charge in [-0.3, -0.25) is 0 Å². The number of nitrogens with one attached hydrogen (secondary N) is 1. The first kappa shape index (κ1) is 12.5. The number of aryl methyl sites for hydroxylation is 1. The van der Waals surface area contributed by atoms with Gasteiger partial charge in [-0.25, -0.2) is 4.52 Å². The smallest absolute Gasteiger partial charge is 0.420 e. The van der Waals surface area contributed by atoms with Crippen LogP contribution in [0.25, 0.3) is 16.8 Å². The first-order chi connectivity index (χ1) is 9.38. The Labute approximate surface area is 109 Å². The number of rotatable bonds is 1. The summed E-state index contributed by atoms with van der Waals surface area (Å²) in [5.74, 6) is -0.519. The van der Waals surface area contributed by atoms with Crippen LogP contribution in [0.3, 0.4) is 0 Å². The lowest BCUT2D eigenvalue weighted by molar-refractivity contribution is -0.136. The zero-order chi connectivity index (χ0) is 14.5. The van der Waals surface area contributed by atoms with Gasteiger partial charge < -0.3 is 5.11 Å². The van der Waals surface area contributed by atoms with Crippen LogP contribution in [0.15, 0.2) is 18.5 Å². The van der Waals surface area contributed by atoms with E-state index in [0.717, 1.165) is 4.52 Å². The summed E-state index contributed by atoms with van der Waals surface area (Å²) < 4.78 is 39.3. The summed E-state index contributed by atoms with van der Waals surface area (Å²) in [5.41, 5.74) is 0.0390. The predicted octanol–water partition coefficient (Wildman–Crippen LogP) is 2.15. The molecule has 3 aromatic rings. The van der Waals surface area contributed by atoms with E-state index in [1.165, 1.54) is 12.3 Å². The third-order valence-electron chi connectivity index (χ3n) is 2.89. The van der Waals surface area contributed by atoms with E-state index in [4.69, 9.17) is 0 Å². The van der Waals surface area contributed by atoms with Crippen molar-refractivity contribution in [3.8, 4) is 17.0 Å². The van der Waals surface area contributed by atoms with Crippen LogP contribution in [0.2, 0.25) is 0 Å². The van der Waals surface area contributed by atoms with Crippen LogP contribution < -0.4 is 0 Å². The lowest BCUT2D eigenvalue weighted by atomic mass is 10.1. The summed E-state index contributed by atoms with van der Waals surface area (Å²) >= 11 is 0. The molecule has 2 N–H and O–H groups in total. The van der Waals surface area contributed by atoms with E-state index in [1.807, 2.05) is 0 Å². The number of fused-ring (bicyclic) bond motifs is 1. The fraction of sp³-hybridized carbons (Fsp3) is 0.182. The van der Waals surface area contributed by atoms with Crippen LogP contribution in [0.5, 0.6) is 5.75 Å². The SMILES string of the molecule is Cc1n[nH]nc1-c1cc(O)c2c(C(F)(F)F)cnn2c1. The van der Waals surface area contributed by atoms with Gasteiger partial charge in [-0.05, 0) is 13.0 Å². The molecule has 0 spiro atoms. The zero-order valence-corrected chi connectivity index (χ0v) is 10.1. The lowest BCUT2D eigenvalue weighted by Crippen LogP contribution is -2.04. The number of aromatic amines is 1. The Bertz CT molecular complexity index is 789. The number of hydrogen-bond donors (Lipinski definition) is 2. The van der Waals surface area contributed by atoms with Crippen molar-refractivity contribution in [3.63, 3.8) is 0 Å². The summed E-state index contributed by atoms with van der Waals surface area (Å²) in [4.78, 5) is 0. The summed E-state index contributed by atoms with van der Waals surface area (Å²) in [6.45, 7) is 1.68. The molecule has 6 nitrogen and oxygen atoms in total. The molecule has 0 bridgehead atoms. The van der Waals surface area contributed by atoms with Crippen molar-refractivity contribution < 1.29 is 18.3 Å². The van der Waals surface area contributed by atoms with Crippen molar-refractivity contribution in [1.29, 1.82) is 0 Å². The first-order valence-electron chi connectivity index (χ1n) is 5.53. The Morgan fingerprint density at radius 2 is 2.05 bits per heavy atom. The number of aromatic nitrogens is 5. The molecule has 0 saturated heterocycles. The van der Waals surface area contributed by atoms with E-state index < -0.39 is 17.5 Å². The van der Waals surface area contributed by atoms with Crippen LogP contribution in [0, 0.1) is 6.92 Å². The normalized spacial score (nSPS) is 12.2. The summed E-state index contributed by atoms with van der Waals surface area (Å²) in [7, 11) is 0. The second kappa shape index (κ2) is 3.95. The molecular weight excluding hydrogens is 275 g/mol. The number of pyridine rings is 1. The maximum absolute atomic E-state index is 12.8. The molecule has 0 unspecified atom stereocenters. The third kappa shape index (κ3) is 1.78. The van der Waals surface area contributed by atoms with Crippen LogP contribution >= 0.6 is 0 Å². The van der Waals surface area contributed by atoms with Crippen LogP contribution in [-0.2, 0) is 6.18 Å². The van der Waals surface area contributed by atoms with Crippen LogP contribution in [0.4, 0.5) is 13.2 Å². The minimum atomic E-state index is -4.58. The average Bonchev–Trinajstić information content (AvgIpc) is 2.93. The standard InChI is InChI=1S/C11H8F3N5O/c1-5-9(17-18-16-5)6-2-8(20)10-7(11(12,13)14)3-15-19(10)4-6/h2-4,20H,1H3,(H,16,17,18). The Hall–Kier alpha value is -2.58. The van der Waals surface area contributed by atoms with Gasteiger partial charge in [-0.15, -0.1) is 0 Å². The monoisotopic (exact) mass is 283 g/mol. The number of aromatic hydroxyl groups is 1. The molecule has 104 valence electrons. The van der Waals surface area contributed by atoms with E-state index >= 15 is 0 Å². The van der Waals surface area contributed by atoms with Gasteiger partial charge in [0.2, 0.25) is 0 Å². The molecule has 0 amide bonds. The molecule has 9 heteroatoms. The Kier molecular flexibility index (Phi) is 2.46. The number of halogens is 3. The van der Waals surface area contributed by atoms with E-state index in [2.05, 4.69) is 20.5 Å². The van der Waals surface area contributed by atoms with Gasteiger partial charge >= 0.3 is 6.18 Å². The van der Waals surface area contributed by atoms with Crippen molar-refractivity contribution in [2.45, 2.75) is 13.1 Å². The lowest BCUT2D eigenvalue weighted by Gasteiger charge is -2.06. The predicted molar refractivity (Wildman–Crippen MR) is 62.0 cm³/mol. The second-order valence-electron chi connectivity index (χ2n) is 4.22. The van der Waals surface area contributed by atoms with Gasteiger partial charge in [0.15, 0.2) is 0 Å². The Balaban J connectivity index is 2.25. The van der Waals surface area contributed by atoms with Crippen molar-refractivity contribution in [2.75, 3.05) is 0 Å². The fourth-order valence-corrected chi connectivity index (χ4v) is 1.99. The quantitative estimate of drug-likeness (QED) is 0.717. The topological polar surface area (TPSA) is 79.1 Å². The van der Waals surface area contributed by atoms with E-state index in [1.54, 1.807) is 6.92 Å². The zero-order valence-electron chi connectivity index (χ0n) is 10.1. The van der Waals surface area contributed by atoms with E-state index in [-0.39, 0.29) is 5.52 Å². The molecule has 0 aromatic carbocycles. The number of alkyl halides is 3. The van der Waals surface area contributed by atoms with Crippen molar-refractivity contribution in [2.24, 2.45) is 0 Å². The van der Waals surface area contributed by atoms with Gasteiger partial charge in [0.25, 0.3) is 0 Å². The number of H-pyrrole nitrogens is 1. The minimum absolute atomic E-state index is 0.387. The molecule has 0 aliphatic rings. The molecular formula is C11H8F3N5O. The highest BCUT2D eigenvalue weighted by atomic mass is 19.4. The van der Waals surface area contributed by atoms with Crippen molar-refractivity contribution >= 4 is 5.52 Å². The molecule has 0 saturated carbocycles. The molecule has 3 rings (SSSR count). The number of nitrogens with zero attached hydrogens (tertiary/aromatic N) is 4. The average molecular weight is 283 g/mol. The maximum atomic E-state index is 12.8. The van der Waals surface area contributed by atoms with Crippen molar-refractivity contribution in [3.05, 3.63) is 29.7 Å². The van der Waals surface area contributed by atoms with Gasteiger partial charge in [-0.1, -0.05) is 0 Å². The van der Waals surface area contributed by atoms with E-state index in [0.29, 0.717) is 23.1 Å². The fourth-order valence-electron chi connectivity index (χ4n) is 1.99. The molecule has 0 aliphatic carbocycles. The third-order valence-corrected chi connectivity index (χ3v) is 2.89. The highest BCUT2D eigenvalue weighted by Gasteiger charge is 2.35. The van der Waals surface area contributed by atoms with Crippen LogP contribution in [0.1, 0.15) is 11.3 Å². The highest BCUT2D eigenvalue weighted by Crippen LogP contribution is 2.37. The molecule has 0 fully saturated rings. The molecule has 3 aromatic heterocycles. The highest BCUT2D eigenvalue weighted by molar-refractivity contribution is 5.72. The summed E-state index contributed by atoms with van der Waals surface area (Å²) in [5, 5.41) is 23.6. The van der Waals surface area contributed by atoms with Gasteiger partial charge in [0.05, 0.1) is 11.9 Å². The van der Waals surface area contributed by atoms with Gasteiger partial charge in [0, 0.05) is 11.8 Å². The second-order valence-corrected chi connectivity index (χ2v) is 4.22. The summed E-state index contributed by atoms with van der Waals surface area (Å²) in [6.07, 6.45) is -2.55. The Morgan fingerprint density at radius 1 is 1.30 bits per heavy atom.